The van der Waals surface area contributed by atoms with E-state index >= 15 is 0 Å². The number of carbonyl (C=O) groups is 2. The predicted molar refractivity (Wildman–Crippen MR) is 173 cm³/mol. The molecule has 0 aliphatic carbocycles. The van der Waals surface area contributed by atoms with Gasteiger partial charge in [0.1, 0.15) is 12.4 Å². The Morgan fingerprint density at radius 3 is 2.65 bits per heavy atom. The molecular weight excluding hydrogens is 656 g/mol. The molecule has 43 heavy (non-hydrogen) atoms. The SMILES string of the molecule is CCOC(=O)C1=C(C)NC(=S)N[C@H]1c1ccccc1OCC(=O)NN=Cc1cc(Cl)c(OCc2cccc(C)c2)c(Br)c1. The van der Waals surface area contributed by atoms with Crippen LogP contribution in [-0.4, -0.2) is 36.4 Å². The number of hydrogen-bond donors (Lipinski definition) is 3. The molecule has 3 aromatic carbocycles. The van der Waals surface area contributed by atoms with E-state index in [2.05, 4.69) is 37.1 Å². The molecule has 0 bridgehead atoms. The fraction of sp³-hybridized carbons (Fsp3) is 0.226. The van der Waals surface area contributed by atoms with Crippen molar-refractivity contribution in [3.05, 3.63) is 104 Å². The minimum absolute atomic E-state index is 0.223. The first-order chi connectivity index (χ1) is 20.7. The summed E-state index contributed by atoms with van der Waals surface area (Å²) in [5.41, 5.74) is 6.84. The van der Waals surface area contributed by atoms with Gasteiger partial charge in [-0.2, -0.15) is 5.10 Å². The van der Waals surface area contributed by atoms with Crippen LogP contribution in [0.15, 0.2) is 81.5 Å². The Morgan fingerprint density at radius 2 is 1.91 bits per heavy atom. The van der Waals surface area contributed by atoms with Crippen LogP contribution in [0, 0.1) is 6.92 Å². The number of para-hydroxylation sites is 1. The molecule has 0 unspecified atom stereocenters. The number of carbonyl (C=O) groups excluding carboxylic acids is 2. The van der Waals surface area contributed by atoms with Crippen LogP contribution in [0.3, 0.4) is 0 Å². The molecule has 12 heteroatoms. The highest BCUT2D eigenvalue weighted by molar-refractivity contribution is 9.10. The Kier molecular flexibility index (Phi) is 11.2. The molecule has 1 heterocycles. The summed E-state index contributed by atoms with van der Waals surface area (Å²) in [6, 6.07) is 17.9. The lowest BCUT2D eigenvalue weighted by atomic mass is 9.95. The van der Waals surface area contributed by atoms with E-state index in [4.69, 9.17) is 38.0 Å². The van der Waals surface area contributed by atoms with Crippen LogP contribution in [-0.2, 0) is 20.9 Å². The Morgan fingerprint density at radius 1 is 1.12 bits per heavy atom. The first kappa shape index (κ1) is 32.0. The first-order valence-corrected chi connectivity index (χ1v) is 14.9. The van der Waals surface area contributed by atoms with Gasteiger partial charge < -0.3 is 24.8 Å². The van der Waals surface area contributed by atoms with Gasteiger partial charge in [-0.1, -0.05) is 59.6 Å². The van der Waals surface area contributed by atoms with Crippen LogP contribution in [0.1, 0.15) is 42.1 Å². The normalized spacial score (nSPS) is 14.6. The second-order valence-electron chi connectivity index (χ2n) is 9.50. The monoisotopic (exact) mass is 684 g/mol. The number of nitrogens with zero attached hydrogens (tertiary/aromatic N) is 1. The third-order valence-corrected chi connectivity index (χ3v) is 7.33. The zero-order chi connectivity index (χ0) is 30.9. The van der Waals surface area contributed by atoms with Gasteiger partial charge in [0.05, 0.1) is 33.9 Å². The number of amides is 1. The van der Waals surface area contributed by atoms with E-state index in [1.807, 2.05) is 31.2 Å². The summed E-state index contributed by atoms with van der Waals surface area (Å²) in [6.45, 7) is 5.78. The molecule has 3 N–H and O–H groups in total. The number of hydrazone groups is 1. The summed E-state index contributed by atoms with van der Waals surface area (Å²) in [7, 11) is 0. The van der Waals surface area contributed by atoms with E-state index in [1.165, 1.54) is 6.21 Å². The van der Waals surface area contributed by atoms with Gasteiger partial charge in [0, 0.05) is 11.3 Å². The lowest BCUT2D eigenvalue weighted by Crippen LogP contribution is -2.45. The summed E-state index contributed by atoms with van der Waals surface area (Å²) in [5.74, 6) is -0.0561. The summed E-state index contributed by atoms with van der Waals surface area (Å²) in [4.78, 5) is 25.3. The number of aryl methyl sites for hydroxylation is 1. The van der Waals surface area contributed by atoms with E-state index in [1.54, 1.807) is 50.2 Å². The molecule has 0 saturated heterocycles. The van der Waals surface area contributed by atoms with Gasteiger partial charge in [-0.15, -0.1) is 0 Å². The second kappa shape index (κ2) is 15.0. The van der Waals surface area contributed by atoms with Crippen molar-refractivity contribution in [1.29, 1.82) is 0 Å². The van der Waals surface area contributed by atoms with Gasteiger partial charge in [-0.25, -0.2) is 10.2 Å². The van der Waals surface area contributed by atoms with Gasteiger partial charge in [-0.3, -0.25) is 4.79 Å². The van der Waals surface area contributed by atoms with Gasteiger partial charge in [0.15, 0.2) is 17.5 Å². The van der Waals surface area contributed by atoms with Crippen LogP contribution >= 0.6 is 39.7 Å². The Hall–Kier alpha value is -3.93. The van der Waals surface area contributed by atoms with Crippen LogP contribution < -0.4 is 25.5 Å². The molecule has 1 amide bonds. The summed E-state index contributed by atoms with van der Waals surface area (Å²) in [6.07, 6.45) is 1.46. The Labute approximate surface area is 268 Å². The minimum atomic E-state index is -0.628. The average Bonchev–Trinajstić information content (AvgIpc) is 2.95. The summed E-state index contributed by atoms with van der Waals surface area (Å²) < 4.78 is 17.7. The van der Waals surface area contributed by atoms with Crippen LogP contribution in [0.25, 0.3) is 0 Å². The second-order valence-corrected chi connectivity index (χ2v) is 11.2. The van der Waals surface area contributed by atoms with Crippen molar-refractivity contribution in [2.75, 3.05) is 13.2 Å². The van der Waals surface area contributed by atoms with E-state index in [0.717, 1.165) is 11.1 Å². The van der Waals surface area contributed by atoms with Crippen molar-refractivity contribution in [1.82, 2.24) is 16.1 Å². The number of thiocarbonyl (C=S) groups is 1. The maximum Gasteiger partial charge on any atom is 0.338 e. The molecule has 0 aromatic heterocycles. The molecule has 0 spiro atoms. The maximum atomic E-state index is 12.7. The number of nitrogens with one attached hydrogen (secondary N) is 3. The zero-order valence-corrected chi connectivity index (χ0v) is 26.9. The first-order valence-electron chi connectivity index (χ1n) is 13.3. The molecule has 1 aliphatic heterocycles. The number of allylic oxidation sites excluding steroid dienone is 1. The van der Waals surface area contributed by atoms with Crippen molar-refractivity contribution < 1.29 is 23.8 Å². The zero-order valence-electron chi connectivity index (χ0n) is 23.7. The van der Waals surface area contributed by atoms with Gasteiger partial charge in [0.25, 0.3) is 5.91 Å². The van der Waals surface area contributed by atoms with Crippen molar-refractivity contribution >= 4 is 63.0 Å². The summed E-state index contributed by atoms with van der Waals surface area (Å²) in [5, 5.41) is 10.8. The number of halogens is 2. The maximum absolute atomic E-state index is 12.7. The molecule has 9 nitrogen and oxygen atoms in total. The van der Waals surface area contributed by atoms with Crippen molar-refractivity contribution in [2.45, 2.75) is 33.4 Å². The third-order valence-electron chi connectivity index (χ3n) is 6.24. The lowest BCUT2D eigenvalue weighted by molar-refractivity contribution is -0.139. The minimum Gasteiger partial charge on any atom is -0.486 e. The van der Waals surface area contributed by atoms with E-state index in [0.29, 0.717) is 55.1 Å². The highest BCUT2D eigenvalue weighted by atomic mass is 79.9. The largest absolute Gasteiger partial charge is 0.486 e. The fourth-order valence-electron chi connectivity index (χ4n) is 4.36. The molecular formula is C31H30BrClN4O5S. The highest BCUT2D eigenvalue weighted by Gasteiger charge is 2.32. The quantitative estimate of drug-likeness (QED) is 0.0995. The van der Waals surface area contributed by atoms with Gasteiger partial charge >= 0.3 is 5.97 Å². The Bertz CT molecular complexity index is 1570. The number of rotatable bonds is 11. The molecule has 0 fully saturated rings. The Balaban J connectivity index is 1.38. The lowest BCUT2D eigenvalue weighted by Gasteiger charge is -2.30. The van der Waals surface area contributed by atoms with Crippen LogP contribution in [0.2, 0.25) is 5.02 Å². The van der Waals surface area contributed by atoms with Crippen LogP contribution in [0.5, 0.6) is 11.5 Å². The molecule has 224 valence electrons. The van der Waals surface area contributed by atoms with E-state index < -0.39 is 17.9 Å². The molecule has 1 atom stereocenters. The number of ether oxygens (including phenoxy) is 3. The average molecular weight is 686 g/mol. The van der Waals surface area contributed by atoms with Crippen molar-refractivity contribution in [3.63, 3.8) is 0 Å². The number of esters is 1. The van der Waals surface area contributed by atoms with E-state index in [-0.39, 0.29) is 13.2 Å². The number of benzene rings is 3. The number of hydrogen-bond acceptors (Lipinski definition) is 7. The molecule has 3 aromatic rings. The third kappa shape index (κ3) is 8.56. The van der Waals surface area contributed by atoms with Gasteiger partial charge in [-0.05, 0) is 78.2 Å². The van der Waals surface area contributed by atoms with Crippen molar-refractivity contribution in [2.24, 2.45) is 5.10 Å². The highest BCUT2D eigenvalue weighted by Crippen LogP contribution is 2.35. The topological polar surface area (TPSA) is 110 Å². The smallest absolute Gasteiger partial charge is 0.338 e. The van der Waals surface area contributed by atoms with E-state index in [9.17, 15) is 9.59 Å². The molecule has 1 aliphatic rings. The standard InChI is InChI=1S/C31H30BrClN4O5S/c1-4-40-30(39)27-19(3)35-31(43)36-28(27)22-10-5-6-11-25(22)41-17-26(38)37-34-15-21-13-23(32)29(24(33)14-21)42-16-20-9-7-8-18(2)12-20/h5-15,28H,4,16-17H2,1-3H3,(H,37,38)(H2,35,36,43)/t28-/m0/s1. The fourth-order valence-corrected chi connectivity index (χ4v) is 5.62. The summed E-state index contributed by atoms with van der Waals surface area (Å²) >= 11 is 15.3. The van der Waals surface area contributed by atoms with Crippen molar-refractivity contribution in [3.8, 4) is 11.5 Å². The van der Waals surface area contributed by atoms with Gasteiger partial charge in [0.2, 0.25) is 0 Å². The predicted octanol–water partition coefficient (Wildman–Crippen LogP) is 5.87. The van der Waals surface area contributed by atoms with Crippen LogP contribution in [0.4, 0.5) is 0 Å². The molecule has 0 saturated carbocycles. The molecule has 4 rings (SSSR count). The molecule has 0 radical (unpaired) electrons.